The van der Waals surface area contributed by atoms with Crippen molar-refractivity contribution in [3.05, 3.63) is 0 Å². The van der Waals surface area contributed by atoms with Gasteiger partial charge in [-0.2, -0.15) is 0 Å². The van der Waals surface area contributed by atoms with Gasteiger partial charge in [0.1, 0.15) is 6.04 Å². The normalized spacial score (nSPS) is 20.6. The maximum absolute atomic E-state index is 11.4. The highest BCUT2D eigenvalue weighted by atomic mass is 16.2. The lowest BCUT2D eigenvalue weighted by Gasteiger charge is -2.21. The molecule has 14 heavy (non-hydrogen) atoms. The molecular weight excluding hydrogens is 184 g/mol. The molecule has 1 rings (SSSR count). The fourth-order valence-corrected chi connectivity index (χ4v) is 1.66. The van der Waals surface area contributed by atoms with E-state index in [0.717, 1.165) is 6.42 Å². The minimum absolute atomic E-state index is 0.0993. The van der Waals surface area contributed by atoms with Gasteiger partial charge < -0.3 is 10.2 Å². The van der Waals surface area contributed by atoms with Gasteiger partial charge in [0.05, 0.1) is 6.54 Å². The standard InChI is InChI=1S/C9H13N2O3/c1-7(13)11-5-2-3-8(11)9(14)10-4-6-12/h8H,2-5H2,1H3,(H,10,14). The van der Waals surface area contributed by atoms with E-state index >= 15 is 0 Å². The summed E-state index contributed by atoms with van der Waals surface area (Å²) in [5.74, 6) is -0.362. The summed E-state index contributed by atoms with van der Waals surface area (Å²) in [5, 5.41) is 2.40. The van der Waals surface area contributed by atoms with Gasteiger partial charge in [-0.05, 0) is 12.8 Å². The largest absolute Gasteiger partial charge is 0.347 e. The fraction of sp³-hybridized carbons (Fsp3) is 0.667. The van der Waals surface area contributed by atoms with Crippen LogP contribution in [-0.4, -0.2) is 42.1 Å². The number of likely N-dealkylation sites (tertiary alicyclic amines) is 1. The molecule has 0 aromatic carbocycles. The van der Waals surface area contributed by atoms with E-state index in [9.17, 15) is 14.4 Å². The van der Waals surface area contributed by atoms with Gasteiger partial charge in [0.2, 0.25) is 18.1 Å². The molecule has 0 bridgehead atoms. The number of amides is 2. The molecule has 1 aliphatic rings. The Bertz CT molecular complexity index is 252. The van der Waals surface area contributed by atoms with Crippen molar-refractivity contribution < 1.29 is 14.4 Å². The lowest BCUT2D eigenvalue weighted by molar-refractivity contribution is -0.136. The molecule has 5 nitrogen and oxygen atoms in total. The third-order valence-corrected chi connectivity index (χ3v) is 2.29. The van der Waals surface area contributed by atoms with Crippen molar-refractivity contribution in [3.63, 3.8) is 0 Å². The van der Waals surface area contributed by atoms with Crippen LogP contribution in [0.5, 0.6) is 0 Å². The third kappa shape index (κ3) is 2.31. The van der Waals surface area contributed by atoms with Crippen molar-refractivity contribution in [1.29, 1.82) is 0 Å². The number of hydrogen-bond donors (Lipinski definition) is 1. The van der Waals surface area contributed by atoms with E-state index in [1.54, 1.807) is 6.29 Å². The van der Waals surface area contributed by atoms with Crippen molar-refractivity contribution in [1.82, 2.24) is 10.2 Å². The van der Waals surface area contributed by atoms with Gasteiger partial charge in [-0.25, -0.2) is 0 Å². The average molecular weight is 197 g/mol. The summed E-state index contributed by atoms with van der Waals surface area (Å²) in [6.45, 7) is 1.96. The molecule has 2 amide bonds. The summed E-state index contributed by atoms with van der Waals surface area (Å²) in [6.07, 6.45) is 3.09. The summed E-state index contributed by atoms with van der Waals surface area (Å²) in [7, 11) is 0. The Morgan fingerprint density at radius 2 is 2.29 bits per heavy atom. The molecule has 0 saturated carbocycles. The van der Waals surface area contributed by atoms with Crippen molar-refractivity contribution >= 4 is 18.1 Å². The van der Waals surface area contributed by atoms with Gasteiger partial charge in [-0.3, -0.25) is 14.4 Å². The molecule has 0 aromatic rings. The van der Waals surface area contributed by atoms with E-state index < -0.39 is 6.04 Å². The molecular formula is C9H13N2O3. The Morgan fingerprint density at radius 1 is 1.57 bits per heavy atom. The Labute approximate surface area is 82.4 Å². The van der Waals surface area contributed by atoms with E-state index in [1.807, 2.05) is 0 Å². The van der Waals surface area contributed by atoms with Crippen LogP contribution < -0.4 is 5.32 Å². The van der Waals surface area contributed by atoms with Crippen molar-refractivity contribution in [3.8, 4) is 0 Å². The molecule has 1 fully saturated rings. The summed E-state index contributed by atoms with van der Waals surface area (Å²) in [4.78, 5) is 34.0. The molecule has 1 radical (unpaired) electrons. The molecule has 1 atom stereocenters. The lowest BCUT2D eigenvalue weighted by atomic mass is 10.2. The molecule has 0 spiro atoms. The zero-order valence-electron chi connectivity index (χ0n) is 8.08. The van der Waals surface area contributed by atoms with Gasteiger partial charge >= 0.3 is 0 Å². The summed E-state index contributed by atoms with van der Waals surface area (Å²) >= 11 is 0. The van der Waals surface area contributed by atoms with Crippen LogP contribution in [0.3, 0.4) is 0 Å². The van der Waals surface area contributed by atoms with E-state index in [4.69, 9.17) is 0 Å². The molecule has 77 valence electrons. The van der Waals surface area contributed by atoms with Crippen LogP contribution in [0.15, 0.2) is 0 Å². The monoisotopic (exact) mass is 197 g/mol. The number of nitrogens with one attached hydrogen (secondary N) is 1. The summed E-state index contributed by atoms with van der Waals surface area (Å²) < 4.78 is 0. The van der Waals surface area contributed by atoms with Gasteiger partial charge in [-0.15, -0.1) is 0 Å². The van der Waals surface area contributed by atoms with Crippen molar-refractivity contribution in [2.45, 2.75) is 25.8 Å². The van der Waals surface area contributed by atoms with Gasteiger partial charge in [0, 0.05) is 13.5 Å². The Hall–Kier alpha value is -1.39. The minimum atomic E-state index is -0.402. The molecule has 1 N–H and O–H groups in total. The van der Waals surface area contributed by atoms with Crippen LogP contribution in [0, 0.1) is 0 Å². The van der Waals surface area contributed by atoms with Crippen LogP contribution >= 0.6 is 0 Å². The molecule has 0 aromatic heterocycles. The highest BCUT2D eigenvalue weighted by molar-refractivity contribution is 5.88. The SMILES string of the molecule is CC(=O)N1CCCC1C(=O)NC[C]=O. The Kier molecular flexibility index (Phi) is 3.62. The first-order valence-corrected chi connectivity index (χ1v) is 4.56. The molecule has 5 heteroatoms. The maximum atomic E-state index is 11.4. The van der Waals surface area contributed by atoms with E-state index in [1.165, 1.54) is 11.8 Å². The van der Waals surface area contributed by atoms with E-state index in [0.29, 0.717) is 13.0 Å². The van der Waals surface area contributed by atoms with Crippen LogP contribution in [-0.2, 0) is 14.4 Å². The molecule has 0 aliphatic carbocycles. The number of carbonyl (C=O) groups is 2. The number of carbonyl (C=O) groups excluding carboxylic acids is 3. The Balaban J connectivity index is 2.53. The van der Waals surface area contributed by atoms with Crippen LogP contribution in [0.25, 0.3) is 0 Å². The smallest absolute Gasteiger partial charge is 0.243 e. The second kappa shape index (κ2) is 4.74. The molecule has 1 unspecified atom stereocenters. The quantitative estimate of drug-likeness (QED) is 0.645. The second-order valence-corrected chi connectivity index (χ2v) is 3.23. The highest BCUT2D eigenvalue weighted by Crippen LogP contribution is 2.16. The fourth-order valence-electron chi connectivity index (χ4n) is 1.66. The lowest BCUT2D eigenvalue weighted by Crippen LogP contribution is -2.45. The summed E-state index contributed by atoms with van der Waals surface area (Å²) in [6, 6.07) is -0.402. The zero-order chi connectivity index (χ0) is 10.6. The van der Waals surface area contributed by atoms with Gasteiger partial charge in [0.15, 0.2) is 0 Å². The summed E-state index contributed by atoms with van der Waals surface area (Å²) in [5.41, 5.74) is 0. The highest BCUT2D eigenvalue weighted by Gasteiger charge is 2.31. The molecule has 1 heterocycles. The number of nitrogens with zero attached hydrogens (tertiary/aromatic N) is 1. The predicted octanol–water partition coefficient (Wildman–Crippen LogP) is -0.777. The van der Waals surface area contributed by atoms with Crippen LogP contribution in [0.4, 0.5) is 0 Å². The first kappa shape index (κ1) is 10.7. The Morgan fingerprint density at radius 3 is 2.86 bits per heavy atom. The van der Waals surface area contributed by atoms with Crippen LogP contribution in [0.1, 0.15) is 19.8 Å². The first-order valence-electron chi connectivity index (χ1n) is 4.56. The van der Waals surface area contributed by atoms with Gasteiger partial charge in [0.25, 0.3) is 0 Å². The van der Waals surface area contributed by atoms with Crippen molar-refractivity contribution in [2.24, 2.45) is 0 Å². The number of hydrogen-bond acceptors (Lipinski definition) is 3. The average Bonchev–Trinajstić information content (AvgIpc) is 2.62. The number of rotatable bonds is 3. The van der Waals surface area contributed by atoms with Crippen molar-refractivity contribution in [2.75, 3.05) is 13.1 Å². The van der Waals surface area contributed by atoms with Crippen LogP contribution in [0.2, 0.25) is 0 Å². The maximum Gasteiger partial charge on any atom is 0.243 e. The van der Waals surface area contributed by atoms with E-state index in [2.05, 4.69) is 5.32 Å². The molecule has 1 aliphatic heterocycles. The van der Waals surface area contributed by atoms with E-state index in [-0.39, 0.29) is 18.4 Å². The first-order chi connectivity index (χ1) is 6.66. The second-order valence-electron chi connectivity index (χ2n) is 3.23. The minimum Gasteiger partial charge on any atom is -0.347 e. The zero-order valence-corrected chi connectivity index (χ0v) is 8.08. The van der Waals surface area contributed by atoms with Gasteiger partial charge in [-0.1, -0.05) is 0 Å². The predicted molar refractivity (Wildman–Crippen MR) is 49.1 cm³/mol. The molecule has 1 saturated heterocycles. The topological polar surface area (TPSA) is 66.5 Å². The third-order valence-electron chi connectivity index (χ3n) is 2.29.